The predicted octanol–water partition coefficient (Wildman–Crippen LogP) is 3.97. The Kier molecular flexibility index (Phi) is 4.41. The lowest BCUT2D eigenvalue weighted by Crippen LogP contribution is -2.29. The van der Waals surface area contributed by atoms with Gasteiger partial charge in [-0.15, -0.1) is 0 Å². The number of alkyl halides is 3. The highest BCUT2D eigenvalue weighted by Crippen LogP contribution is 2.32. The first-order valence-corrected chi connectivity index (χ1v) is 7.39. The van der Waals surface area contributed by atoms with E-state index in [0.717, 1.165) is 0 Å². The van der Waals surface area contributed by atoms with Gasteiger partial charge in [0.2, 0.25) is 0 Å². The van der Waals surface area contributed by atoms with E-state index in [1.165, 1.54) is 25.3 Å². The van der Waals surface area contributed by atoms with Gasteiger partial charge >= 0.3 is 17.7 Å². The average molecular weight is 363 g/mol. The number of methoxy groups -OCH3 is 1. The summed E-state index contributed by atoms with van der Waals surface area (Å²) in [7, 11) is 1.30. The standard InChI is InChI=1S/C18H12F3NO4/c1-25-15-9-11(22-17(24)18(19,20)21)6-7-12(15)13-8-10-4-2-3-5-14(10)26-16(13)23/h2-9H,1H3,(H,22,24). The maximum absolute atomic E-state index is 12.4. The largest absolute Gasteiger partial charge is 0.496 e. The fraction of sp³-hybridized carbons (Fsp3) is 0.111. The summed E-state index contributed by atoms with van der Waals surface area (Å²) >= 11 is 0. The third kappa shape index (κ3) is 3.39. The van der Waals surface area contributed by atoms with Crippen LogP contribution in [-0.2, 0) is 4.79 Å². The molecule has 2 aromatic carbocycles. The van der Waals surface area contributed by atoms with Crippen LogP contribution in [0.15, 0.2) is 57.7 Å². The van der Waals surface area contributed by atoms with Gasteiger partial charge in [0.1, 0.15) is 11.3 Å². The van der Waals surface area contributed by atoms with E-state index in [1.54, 1.807) is 35.6 Å². The highest BCUT2D eigenvalue weighted by atomic mass is 19.4. The summed E-state index contributed by atoms with van der Waals surface area (Å²) in [6.07, 6.45) is -5.01. The Morgan fingerprint density at radius 2 is 1.81 bits per heavy atom. The van der Waals surface area contributed by atoms with Crippen molar-refractivity contribution in [3.63, 3.8) is 0 Å². The second-order valence-corrected chi connectivity index (χ2v) is 5.35. The zero-order valence-electron chi connectivity index (χ0n) is 13.4. The predicted molar refractivity (Wildman–Crippen MR) is 89.2 cm³/mol. The maximum atomic E-state index is 12.4. The molecule has 0 saturated carbocycles. The van der Waals surface area contributed by atoms with E-state index < -0.39 is 17.7 Å². The Morgan fingerprint density at radius 3 is 2.50 bits per heavy atom. The summed E-state index contributed by atoms with van der Waals surface area (Å²) in [5, 5.41) is 2.41. The maximum Gasteiger partial charge on any atom is 0.471 e. The summed E-state index contributed by atoms with van der Waals surface area (Å²) in [4.78, 5) is 23.3. The molecular formula is C18H12F3NO4. The van der Waals surface area contributed by atoms with Crippen LogP contribution in [0, 0.1) is 0 Å². The van der Waals surface area contributed by atoms with Crippen LogP contribution in [0.4, 0.5) is 18.9 Å². The highest BCUT2D eigenvalue weighted by molar-refractivity contribution is 5.95. The minimum Gasteiger partial charge on any atom is -0.496 e. The van der Waals surface area contributed by atoms with E-state index in [-0.39, 0.29) is 17.0 Å². The number of para-hydroxylation sites is 1. The summed E-state index contributed by atoms with van der Waals surface area (Å²) in [5.74, 6) is -1.98. The normalized spacial score (nSPS) is 11.4. The molecule has 0 saturated heterocycles. The number of carbonyl (C=O) groups is 1. The number of nitrogens with one attached hydrogen (secondary N) is 1. The molecule has 1 N–H and O–H groups in total. The van der Waals surface area contributed by atoms with Crippen molar-refractivity contribution >= 4 is 22.6 Å². The van der Waals surface area contributed by atoms with E-state index in [2.05, 4.69) is 0 Å². The van der Waals surface area contributed by atoms with Gasteiger partial charge in [-0.2, -0.15) is 13.2 Å². The first-order valence-electron chi connectivity index (χ1n) is 7.39. The van der Waals surface area contributed by atoms with Gasteiger partial charge in [-0.1, -0.05) is 18.2 Å². The lowest BCUT2D eigenvalue weighted by atomic mass is 10.0. The summed E-state index contributed by atoms with van der Waals surface area (Å²) < 4.78 is 47.5. The summed E-state index contributed by atoms with van der Waals surface area (Å²) in [5.41, 5.74) is 0.202. The van der Waals surface area contributed by atoms with Crippen LogP contribution in [0.25, 0.3) is 22.1 Å². The lowest BCUT2D eigenvalue weighted by molar-refractivity contribution is -0.167. The number of hydrogen-bond acceptors (Lipinski definition) is 4. The first kappa shape index (κ1) is 17.5. The molecule has 0 bridgehead atoms. The molecule has 1 heterocycles. The smallest absolute Gasteiger partial charge is 0.471 e. The van der Waals surface area contributed by atoms with Crippen molar-refractivity contribution in [2.45, 2.75) is 6.18 Å². The minimum absolute atomic E-state index is 0.113. The Hall–Kier alpha value is -3.29. The monoisotopic (exact) mass is 363 g/mol. The number of ether oxygens (including phenoxy) is 1. The number of anilines is 1. The van der Waals surface area contributed by atoms with E-state index in [4.69, 9.17) is 9.15 Å². The van der Waals surface area contributed by atoms with Gasteiger partial charge in [0.05, 0.1) is 12.7 Å². The van der Waals surface area contributed by atoms with Crippen LogP contribution in [0.2, 0.25) is 0 Å². The first-order chi connectivity index (χ1) is 12.3. The number of hydrogen-bond donors (Lipinski definition) is 1. The molecule has 0 spiro atoms. The quantitative estimate of drug-likeness (QED) is 0.715. The van der Waals surface area contributed by atoms with Crippen molar-refractivity contribution in [3.8, 4) is 16.9 Å². The van der Waals surface area contributed by atoms with Gasteiger partial charge in [0, 0.05) is 22.7 Å². The molecule has 1 aromatic heterocycles. The van der Waals surface area contributed by atoms with Gasteiger partial charge in [0.15, 0.2) is 0 Å². The third-order valence-corrected chi connectivity index (χ3v) is 3.65. The van der Waals surface area contributed by atoms with Crippen molar-refractivity contribution in [2.75, 3.05) is 12.4 Å². The van der Waals surface area contributed by atoms with E-state index in [1.807, 2.05) is 0 Å². The molecule has 0 atom stereocenters. The van der Waals surface area contributed by atoms with Gasteiger partial charge in [-0.05, 0) is 24.3 Å². The van der Waals surface area contributed by atoms with E-state index in [0.29, 0.717) is 16.5 Å². The van der Waals surface area contributed by atoms with Crippen molar-refractivity contribution < 1.29 is 27.1 Å². The minimum atomic E-state index is -5.01. The molecule has 0 radical (unpaired) electrons. The number of rotatable bonds is 3. The molecule has 0 fully saturated rings. The summed E-state index contributed by atoms with van der Waals surface area (Å²) in [6, 6.07) is 12.3. The Labute approximate surface area is 145 Å². The van der Waals surface area contributed by atoms with Crippen LogP contribution in [-0.4, -0.2) is 19.2 Å². The van der Waals surface area contributed by atoms with Crippen molar-refractivity contribution in [1.82, 2.24) is 0 Å². The highest BCUT2D eigenvalue weighted by Gasteiger charge is 2.38. The van der Waals surface area contributed by atoms with Gasteiger partial charge < -0.3 is 14.5 Å². The van der Waals surface area contributed by atoms with Crippen molar-refractivity contribution in [3.05, 3.63) is 59.0 Å². The van der Waals surface area contributed by atoms with E-state index in [9.17, 15) is 22.8 Å². The third-order valence-electron chi connectivity index (χ3n) is 3.65. The fourth-order valence-electron chi connectivity index (χ4n) is 2.44. The van der Waals surface area contributed by atoms with Crippen molar-refractivity contribution in [1.29, 1.82) is 0 Å². The zero-order chi connectivity index (χ0) is 18.9. The lowest BCUT2D eigenvalue weighted by Gasteiger charge is -2.12. The molecule has 134 valence electrons. The van der Waals surface area contributed by atoms with Crippen LogP contribution >= 0.6 is 0 Å². The number of halogens is 3. The Morgan fingerprint density at radius 1 is 1.08 bits per heavy atom. The zero-order valence-corrected chi connectivity index (χ0v) is 13.4. The van der Waals surface area contributed by atoms with Crippen LogP contribution in [0.3, 0.4) is 0 Å². The van der Waals surface area contributed by atoms with Crippen LogP contribution in [0.1, 0.15) is 0 Å². The molecule has 0 aliphatic rings. The second kappa shape index (κ2) is 6.55. The molecule has 8 heteroatoms. The molecule has 0 aliphatic carbocycles. The van der Waals surface area contributed by atoms with Crippen LogP contribution in [0.5, 0.6) is 5.75 Å². The van der Waals surface area contributed by atoms with Gasteiger partial charge in [-0.3, -0.25) is 4.79 Å². The number of benzene rings is 2. The molecule has 0 aliphatic heterocycles. The number of amides is 1. The summed E-state index contributed by atoms with van der Waals surface area (Å²) in [6.45, 7) is 0. The van der Waals surface area contributed by atoms with E-state index >= 15 is 0 Å². The SMILES string of the molecule is COc1cc(NC(=O)C(F)(F)F)ccc1-c1cc2ccccc2oc1=O. The topological polar surface area (TPSA) is 68.5 Å². The Bertz CT molecular complexity index is 1040. The average Bonchev–Trinajstić information content (AvgIpc) is 2.60. The number of fused-ring (bicyclic) bond motifs is 1. The van der Waals surface area contributed by atoms with Gasteiger partial charge in [0.25, 0.3) is 0 Å². The molecule has 1 amide bonds. The molecule has 3 aromatic rings. The van der Waals surface area contributed by atoms with Crippen molar-refractivity contribution in [2.24, 2.45) is 0 Å². The molecule has 0 unspecified atom stereocenters. The Balaban J connectivity index is 2.05. The fourth-order valence-corrected chi connectivity index (χ4v) is 2.44. The molecule has 5 nitrogen and oxygen atoms in total. The van der Waals surface area contributed by atoms with Gasteiger partial charge in [-0.25, -0.2) is 4.79 Å². The number of carbonyl (C=O) groups excluding carboxylic acids is 1. The molecule has 3 rings (SSSR count). The molecule has 26 heavy (non-hydrogen) atoms. The van der Waals surface area contributed by atoms with Crippen LogP contribution < -0.4 is 15.7 Å². The second-order valence-electron chi connectivity index (χ2n) is 5.35. The molecular weight excluding hydrogens is 351 g/mol.